The monoisotopic (exact) mass is 287 g/mol. The van der Waals surface area contributed by atoms with Gasteiger partial charge in [-0.05, 0) is 36.6 Å². The Morgan fingerprint density at radius 1 is 1.33 bits per heavy atom. The molecule has 2 rings (SSSR count). The Kier molecular flexibility index (Phi) is 3.72. The summed E-state index contributed by atoms with van der Waals surface area (Å²) in [5, 5.41) is 0.620. The summed E-state index contributed by atoms with van der Waals surface area (Å²) < 4.78 is 23.3. The lowest BCUT2D eigenvalue weighted by Gasteiger charge is -2.29. The van der Waals surface area contributed by atoms with Gasteiger partial charge in [-0.2, -0.15) is 0 Å². The molecule has 100 valence electrons. The molecule has 2 N–H and O–H groups in total. The molecule has 0 atom stereocenters. The predicted octanol–water partition coefficient (Wildman–Crippen LogP) is 2.51. The van der Waals surface area contributed by atoms with Crippen molar-refractivity contribution in [1.29, 1.82) is 0 Å². The molecule has 1 aromatic carbocycles. The zero-order valence-electron chi connectivity index (χ0n) is 10.4. The Morgan fingerprint density at radius 3 is 2.44 bits per heavy atom. The van der Waals surface area contributed by atoms with E-state index < -0.39 is 9.84 Å². The van der Waals surface area contributed by atoms with Crippen molar-refractivity contribution < 1.29 is 8.42 Å². The summed E-state index contributed by atoms with van der Waals surface area (Å²) in [5.74, 6) is 0. The molecule has 0 saturated heterocycles. The fraction of sp³-hybridized carbons (Fsp3) is 0.538. The van der Waals surface area contributed by atoms with Crippen LogP contribution in [0.3, 0.4) is 0 Å². The van der Waals surface area contributed by atoms with E-state index in [0.717, 1.165) is 31.2 Å². The van der Waals surface area contributed by atoms with Crippen LogP contribution in [0.5, 0.6) is 0 Å². The van der Waals surface area contributed by atoms with Gasteiger partial charge in [-0.15, -0.1) is 0 Å². The highest BCUT2D eigenvalue weighted by molar-refractivity contribution is 7.90. The van der Waals surface area contributed by atoms with Gasteiger partial charge in [0.05, 0.1) is 4.90 Å². The summed E-state index contributed by atoms with van der Waals surface area (Å²) in [6.07, 6.45) is 5.42. The van der Waals surface area contributed by atoms with Gasteiger partial charge in [0.15, 0.2) is 9.84 Å². The minimum atomic E-state index is -3.21. The maximum absolute atomic E-state index is 11.6. The highest BCUT2D eigenvalue weighted by atomic mass is 35.5. The lowest BCUT2D eigenvalue weighted by Crippen LogP contribution is -2.32. The van der Waals surface area contributed by atoms with Gasteiger partial charge in [0, 0.05) is 23.2 Å². The number of hydrogen-bond donors (Lipinski definition) is 1. The molecule has 3 nitrogen and oxygen atoms in total. The molecule has 0 spiro atoms. The summed E-state index contributed by atoms with van der Waals surface area (Å²) in [7, 11) is -3.21. The van der Waals surface area contributed by atoms with E-state index in [9.17, 15) is 8.42 Å². The highest BCUT2D eigenvalue weighted by Gasteiger charge is 2.36. The molecule has 1 aromatic rings. The molecule has 5 heteroatoms. The van der Waals surface area contributed by atoms with Crippen LogP contribution in [-0.2, 0) is 15.3 Å². The SMILES string of the molecule is CS(=O)(=O)c1ccc(Cl)c(C2(CN)CCCC2)c1. The first-order valence-corrected chi connectivity index (χ1v) is 8.36. The molecule has 1 aliphatic carbocycles. The lowest BCUT2D eigenvalue weighted by atomic mass is 9.79. The Hall–Kier alpha value is -0.580. The van der Waals surface area contributed by atoms with Crippen molar-refractivity contribution in [3.63, 3.8) is 0 Å². The van der Waals surface area contributed by atoms with Gasteiger partial charge in [0.1, 0.15) is 0 Å². The second-order valence-electron chi connectivity index (χ2n) is 5.11. The molecule has 1 saturated carbocycles. The first-order valence-electron chi connectivity index (χ1n) is 6.09. The van der Waals surface area contributed by atoms with E-state index in [1.165, 1.54) is 6.26 Å². The fourth-order valence-electron chi connectivity index (χ4n) is 2.78. The van der Waals surface area contributed by atoms with E-state index in [4.69, 9.17) is 17.3 Å². The third kappa shape index (κ3) is 2.42. The van der Waals surface area contributed by atoms with Crippen molar-refractivity contribution in [2.24, 2.45) is 5.73 Å². The van der Waals surface area contributed by atoms with Crippen molar-refractivity contribution in [1.82, 2.24) is 0 Å². The number of benzene rings is 1. The van der Waals surface area contributed by atoms with Crippen LogP contribution in [0.15, 0.2) is 23.1 Å². The second kappa shape index (κ2) is 4.83. The Labute approximate surface area is 113 Å². The van der Waals surface area contributed by atoms with Crippen molar-refractivity contribution >= 4 is 21.4 Å². The highest BCUT2D eigenvalue weighted by Crippen LogP contribution is 2.43. The molecule has 1 aliphatic rings. The van der Waals surface area contributed by atoms with Crippen LogP contribution in [0.1, 0.15) is 31.2 Å². The third-order valence-electron chi connectivity index (χ3n) is 3.89. The summed E-state index contributed by atoms with van der Waals surface area (Å²) >= 11 is 6.24. The Bertz CT molecular complexity index is 548. The zero-order chi connectivity index (χ0) is 13.4. The van der Waals surface area contributed by atoms with Gasteiger partial charge < -0.3 is 5.73 Å². The zero-order valence-corrected chi connectivity index (χ0v) is 12.0. The summed E-state index contributed by atoms with van der Waals surface area (Å²) in [4.78, 5) is 0.321. The van der Waals surface area contributed by atoms with Crippen LogP contribution >= 0.6 is 11.6 Å². The van der Waals surface area contributed by atoms with E-state index in [1.54, 1.807) is 18.2 Å². The van der Waals surface area contributed by atoms with Gasteiger partial charge >= 0.3 is 0 Å². The number of nitrogens with two attached hydrogens (primary N) is 1. The topological polar surface area (TPSA) is 60.2 Å². The van der Waals surface area contributed by atoms with E-state index in [2.05, 4.69) is 0 Å². The summed E-state index contributed by atoms with van der Waals surface area (Å²) in [5.41, 5.74) is 6.68. The Morgan fingerprint density at radius 2 is 1.94 bits per heavy atom. The van der Waals surface area contributed by atoms with Gasteiger partial charge in [0.25, 0.3) is 0 Å². The predicted molar refractivity (Wildman–Crippen MR) is 73.8 cm³/mol. The molecule has 0 heterocycles. The standard InChI is InChI=1S/C13H18ClNO2S/c1-18(16,17)10-4-5-12(14)11(8-10)13(9-15)6-2-3-7-13/h4-5,8H,2-3,6-7,9,15H2,1H3. The number of hydrogen-bond acceptors (Lipinski definition) is 3. The van der Waals surface area contributed by atoms with Crippen LogP contribution in [-0.4, -0.2) is 21.2 Å². The second-order valence-corrected chi connectivity index (χ2v) is 7.53. The van der Waals surface area contributed by atoms with E-state index >= 15 is 0 Å². The van der Waals surface area contributed by atoms with Crippen molar-refractivity contribution in [2.75, 3.05) is 12.8 Å². The average molecular weight is 288 g/mol. The van der Waals surface area contributed by atoms with Crippen LogP contribution in [0.25, 0.3) is 0 Å². The van der Waals surface area contributed by atoms with Gasteiger partial charge in [-0.25, -0.2) is 8.42 Å². The molecule has 0 radical (unpaired) electrons. The molecule has 0 amide bonds. The van der Waals surface area contributed by atoms with Gasteiger partial charge in [-0.3, -0.25) is 0 Å². The minimum absolute atomic E-state index is 0.141. The molecule has 0 aromatic heterocycles. The quantitative estimate of drug-likeness (QED) is 0.929. The maximum Gasteiger partial charge on any atom is 0.175 e. The molecule has 0 aliphatic heterocycles. The molecule has 18 heavy (non-hydrogen) atoms. The number of sulfone groups is 1. The van der Waals surface area contributed by atoms with Crippen LogP contribution in [0.2, 0.25) is 5.02 Å². The minimum Gasteiger partial charge on any atom is -0.330 e. The summed E-state index contributed by atoms with van der Waals surface area (Å²) in [6.45, 7) is 0.514. The molecular weight excluding hydrogens is 270 g/mol. The van der Waals surface area contributed by atoms with Crippen molar-refractivity contribution in [2.45, 2.75) is 36.0 Å². The van der Waals surface area contributed by atoms with Gasteiger partial charge in [0.2, 0.25) is 0 Å². The van der Waals surface area contributed by atoms with Crippen LogP contribution < -0.4 is 5.73 Å². The van der Waals surface area contributed by atoms with E-state index in [-0.39, 0.29) is 5.41 Å². The molecular formula is C13H18ClNO2S. The third-order valence-corrected chi connectivity index (χ3v) is 5.33. The fourth-order valence-corrected chi connectivity index (χ4v) is 3.74. The number of rotatable bonds is 3. The molecule has 1 fully saturated rings. The summed E-state index contributed by atoms with van der Waals surface area (Å²) in [6, 6.07) is 4.93. The normalized spacial score (nSPS) is 19.1. The van der Waals surface area contributed by atoms with Crippen LogP contribution in [0, 0.1) is 0 Å². The Balaban J connectivity index is 2.56. The smallest absolute Gasteiger partial charge is 0.175 e. The first kappa shape index (κ1) is 13.8. The molecule has 0 bridgehead atoms. The largest absolute Gasteiger partial charge is 0.330 e. The molecule has 0 unspecified atom stereocenters. The van der Waals surface area contributed by atoms with Gasteiger partial charge in [-0.1, -0.05) is 24.4 Å². The number of halogens is 1. The average Bonchev–Trinajstić information content (AvgIpc) is 2.77. The van der Waals surface area contributed by atoms with Crippen LogP contribution in [0.4, 0.5) is 0 Å². The lowest BCUT2D eigenvalue weighted by molar-refractivity contribution is 0.452. The van der Waals surface area contributed by atoms with E-state index in [0.29, 0.717) is 16.5 Å². The van der Waals surface area contributed by atoms with Crippen molar-refractivity contribution in [3.05, 3.63) is 28.8 Å². The maximum atomic E-state index is 11.6. The first-order chi connectivity index (χ1) is 8.39. The van der Waals surface area contributed by atoms with Crippen molar-refractivity contribution in [3.8, 4) is 0 Å². The van der Waals surface area contributed by atoms with E-state index in [1.807, 2.05) is 0 Å².